The average Bonchev–Trinajstić information content (AvgIpc) is 2.73. The van der Waals surface area contributed by atoms with E-state index in [-0.39, 0.29) is 17.8 Å². The number of hydrogen-bond donors (Lipinski definition) is 1. The highest BCUT2D eigenvalue weighted by atomic mass is 35.5. The predicted octanol–water partition coefficient (Wildman–Crippen LogP) is 5.73. The van der Waals surface area contributed by atoms with Crippen LogP contribution < -0.4 is 5.32 Å². The van der Waals surface area contributed by atoms with Gasteiger partial charge in [-0.1, -0.05) is 74.0 Å². The van der Waals surface area contributed by atoms with Crippen LogP contribution in [0.15, 0.2) is 77.1 Å². The molecule has 0 fully saturated rings. The highest BCUT2D eigenvalue weighted by Gasteiger charge is 2.43. The van der Waals surface area contributed by atoms with Crippen LogP contribution in [0, 0.1) is 5.41 Å². The summed E-state index contributed by atoms with van der Waals surface area (Å²) in [6, 6.07) is 17.3. The van der Waals surface area contributed by atoms with E-state index in [1.54, 1.807) is 6.07 Å². The van der Waals surface area contributed by atoms with E-state index in [1.165, 1.54) is 0 Å². The first kappa shape index (κ1) is 22.3. The Kier molecular flexibility index (Phi) is 6.25. The molecular formula is C27H28ClNO3. The Morgan fingerprint density at radius 1 is 1.09 bits per heavy atom. The lowest BCUT2D eigenvalue weighted by molar-refractivity contribution is -0.139. The molecule has 32 heavy (non-hydrogen) atoms. The Bertz CT molecular complexity index is 1110. The summed E-state index contributed by atoms with van der Waals surface area (Å²) in [6.45, 7) is 6.32. The standard InChI is InChI=1S/C27H28ClNO3/c1-17-23(26(31)32-14-13-18-9-5-4-6-10-18)24(19-11-7-8-12-20(19)28)25-21(29-17)15-27(2,3)16-22(25)30/h4-12,24,29H,13-16H2,1-3H3/t24-/m1/s1. The number of ketones is 1. The number of dihydropyridines is 1. The molecule has 0 radical (unpaired) electrons. The zero-order chi connectivity index (χ0) is 22.9. The molecule has 0 saturated carbocycles. The summed E-state index contributed by atoms with van der Waals surface area (Å²) in [5.74, 6) is -0.899. The number of carbonyl (C=O) groups is 2. The van der Waals surface area contributed by atoms with Crippen LogP contribution >= 0.6 is 11.6 Å². The Balaban J connectivity index is 1.68. The number of hydrogen-bond acceptors (Lipinski definition) is 4. The van der Waals surface area contributed by atoms with Crippen LogP contribution in [0.4, 0.5) is 0 Å². The van der Waals surface area contributed by atoms with Crippen LogP contribution in [0.25, 0.3) is 0 Å². The third kappa shape index (κ3) is 4.51. The van der Waals surface area contributed by atoms with Crippen molar-refractivity contribution in [1.29, 1.82) is 0 Å². The molecule has 0 amide bonds. The molecule has 2 aliphatic rings. The minimum atomic E-state index is -0.534. The van der Waals surface area contributed by atoms with Gasteiger partial charge in [-0.25, -0.2) is 4.79 Å². The topological polar surface area (TPSA) is 55.4 Å². The zero-order valence-electron chi connectivity index (χ0n) is 18.7. The van der Waals surface area contributed by atoms with Crippen molar-refractivity contribution in [3.8, 4) is 0 Å². The first-order valence-corrected chi connectivity index (χ1v) is 11.3. The van der Waals surface area contributed by atoms with Crippen molar-refractivity contribution in [2.24, 2.45) is 5.41 Å². The van der Waals surface area contributed by atoms with Gasteiger partial charge in [0.05, 0.1) is 12.2 Å². The van der Waals surface area contributed by atoms with Gasteiger partial charge in [-0.15, -0.1) is 0 Å². The fourth-order valence-electron chi connectivity index (χ4n) is 4.71. The summed E-state index contributed by atoms with van der Waals surface area (Å²) in [5.41, 5.74) is 4.41. The van der Waals surface area contributed by atoms with Crippen molar-refractivity contribution < 1.29 is 14.3 Å². The monoisotopic (exact) mass is 449 g/mol. The van der Waals surface area contributed by atoms with Crippen molar-refractivity contribution >= 4 is 23.4 Å². The number of ether oxygens (including phenoxy) is 1. The van der Waals surface area contributed by atoms with Crippen molar-refractivity contribution in [2.45, 2.75) is 46.0 Å². The van der Waals surface area contributed by atoms with E-state index >= 15 is 0 Å². The number of esters is 1. The molecule has 4 nitrogen and oxygen atoms in total. The van der Waals surface area contributed by atoms with E-state index in [0.717, 1.165) is 23.2 Å². The molecule has 166 valence electrons. The van der Waals surface area contributed by atoms with Gasteiger partial charge >= 0.3 is 5.97 Å². The Morgan fingerprint density at radius 3 is 2.50 bits per heavy atom. The molecule has 1 aliphatic carbocycles. The van der Waals surface area contributed by atoms with Crippen molar-refractivity contribution in [1.82, 2.24) is 5.32 Å². The summed E-state index contributed by atoms with van der Waals surface area (Å²) in [5, 5.41) is 3.89. The number of rotatable bonds is 5. The summed E-state index contributed by atoms with van der Waals surface area (Å²) >= 11 is 6.57. The van der Waals surface area contributed by atoms with Crippen molar-refractivity contribution in [2.75, 3.05) is 6.61 Å². The van der Waals surface area contributed by atoms with E-state index in [9.17, 15) is 9.59 Å². The van der Waals surface area contributed by atoms with Crippen LogP contribution in [0.2, 0.25) is 5.02 Å². The number of benzene rings is 2. The van der Waals surface area contributed by atoms with Crippen LogP contribution in [0.3, 0.4) is 0 Å². The van der Waals surface area contributed by atoms with Gasteiger partial charge < -0.3 is 10.1 Å². The molecule has 0 bridgehead atoms. The van der Waals surface area contributed by atoms with E-state index < -0.39 is 11.9 Å². The maximum Gasteiger partial charge on any atom is 0.336 e. The van der Waals surface area contributed by atoms with Crippen molar-refractivity contribution in [3.63, 3.8) is 0 Å². The third-order valence-corrected chi connectivity index (χ3v) is 6.49. The normalized spacial score (nSPS) is 20.0. The average molecular weight is 450 g/mol. The lowest BCUT2D eigenvalue weighted by atomic mass is 9.68. The fourth-order valence-corrected chi connectivity index (χ4v) is 4.96. The highest BCUT2D eigenvalue weighted by molar-refractivity contribution is 6.31. The third-order valence-electron chi connectivity index (χ3n) is 6.14. The first-order chi connectivity index (χ1) is 15.3. The SMILES string of the molecule is CC1=C(C(=O)OCCc2ccccc2)[C@@H](c2ccccc2Cl)C2=C(CC(C)(C)CC2=O)N1. The molecule has 0 aromatic heterocycles. The van der Waals surface area contributed by atoms with Crippen LogP contribution in [-0.2, 0) is 20.7 Å². The molecule has 1 atom stereocenters. The Hall–Kier alpha value is -2.85. The number of halogens is 1. The van der Waals surface area contributed by atoms with Gasteiger partial charge in [-0.2, -0.15) is 0 Å². The predicted molar refractivity (Wildman–Crippen MR) is 126 cm³/mol. The van der Waals surface area contributed by atoms with Gasteiger partial charge in [-0.3, -0.25) is 4.79 Å². The van der Waals surface area contributed by atoms with Gasteiger partial charge in [0.15, 0.2) is 5.78 Å². The van der Waals surface area contributed by atoms with Crippen LogP contribution in [-0.4, -0.2) is 18.4 Å². The molecule has 0 spiro atoms. The van der Waals surface area contributed by atoms with Crippen LogP contribution in [0.1, 0.15) is 50.7 Å². The Labute approximate surface area is 194 Å². The minimum absolute atomic E-state index is 0.0516. The summed E-state index contributed by atoms with van der Waals surface area (Å²) < 4.78 is 5.69. The van der Waals surface area contributed by atoms with Crippen LogP contribution in [0.5, 0.6) is 0 Å². The van der Waals surface area contributed by atoms with E-state index in [1.807, 2.05) is 55.5 Å². The maximum atomic E-state index is 13.3. The largest absolute Gasteiger partial charge is 0.462 e. The minimum Gasteiger partial charge on any atom is -0.462 e. The number of allylic oxidation sites excluding steroid dienone is 3. The molecule has 0 saturated heterocycles. The van der Waals surface area contributed by atoms with Gasteiger partial charge in [-0.05, 0) is 36.0 Å². The lowest BCUT2D eigenvalue weighted by Gasteiger charge is -2.39. The molecule has 1 aliphatic heterocycles. The number of nitrogens with one attached hydrogen (secondary N) is 1. The van der Waals surface area contributed by atoms with Gasteiger partial charge in [0.2, 0.25) is 0 Å². The molecule has 2 aromatic rings. The molecule has 4 rings (SSSR count). The van der Waals surface area contributed by atoms with E-state index in [0.29, 0.717) is 34.7 Å². The molecule has 5 heteroatoms. The number of carbonyl (C=O) groups excluding carboxylic acids is 2. The summed E-state index contributed by atoms with van der Waals surface area (Å²) in [4.78, 5) is 26.6. The molecule has 1 heterocycles. The summed E-state index contributed by atoms with van der Waals surface area (Å²) in [7, 11) is 0. The quantitative estimate of drug-likeness (QED) is 0.592. The number of Topliss-reactive ketones (excluding diaryl/α,β-unsaturated/α-hetero) is 1. The van der Waals surface area contributed by atoms with Crippen molar-refractivity contribution in [3.05, 3.63) is 93.3 Å². The lowest BCUT2D eigenvalue weighted by Crippen LogP contribution is -2.38. The fraction of sp³-hybridized carbons (Fsp3) is 0.333. The zero-order valence-corrected chi connectivity index (χ0v) is 19.5. The van der Waals surface area contributed by atoms with Gasteiger partial charge in [0.25, 0.3) is 0 Å². The molecular weight excluding hydrogens is 422 g/mol. The second-order valence-electron chi connectivity index (χ2n) is 9.32. The van der Waals surface area contributed by atoms with E-state index in [4.69, 9.17) is 16.3 Å². The molecule has 0 unspecified atom stereocenters. The molecule has 2 aromatic carbocycles. The van der Waals surface area contributed by atoms with Gasteiger partial charge in [0, 0.05) is 40.7 Å². The van der Waals surface area contributed by atoms with E-state index in [2.05, 4.69) is 19.2 Å². The highest BCUT2D eigenvalue weighted by Crippen LogP contribution is 2.48. The second kappa shape index (κ2) is 8.95. The smallest absolute Gasteiger partial charge is 0.336 e. The van der Waals surface area contributed by atoms with Gasteiger partial charge in [0.1, 0.15) is 0 Å². The summed E-state index contributed by atoms with van der Waals surface area (Å²) in [6.07, 6.45) is 1.80. The molecule has 1 N–H and O–H groups in total. The Morgan fingerprint density at radius 2 is 1.78 bits per heavy atom. The first-order valence-electron chi connectivity index (χ1n) is 11.0. The maximum absolute atomic E-state index is 13.3. The second-order valence-corrected chi connectivity index (χ2v) is 9.73.